The topological polar surface area (TPSA) is 136 Å². The molecule has 0 bridgehead atoms. The van der Waals surface area contributed by atoms with Crippen LogP contribution in [-0.4, -0.2) is 35.2 Å². The smallest absolute Gasteiger partial charge is 0.321 e. The Kier molecular flexibility index (Phi) is 7.54. The molecule has 3 rings (SSSR count). The Morgan fingerprint density at radius 3 is 2.56 bits per heavy atom. The lowest BCUT2D eigenvalue weighted by atomic mass is 10.2. The number of thioether (sulfide) groups is 1. The van der Waals surface area contributed by atoms with Gasteiger partial charge in [-0.15, -0.1) is 0 Å². The van der Waals surface area contributed by atoms with Crippen LogP contribution in [0.4, 0.5) is 4.79 Å². The fraction of sp³-hybridized carbons (Fsp3) is 0.286. The second kappa shape index (κ2) is 10.2. The maximum absolute atomic E-state index is 12.5. The number of nitrogens with two attached hydrogens (primary N) is 1. The van der Waals surface area contributed by atoms with Gasteiger partial charge in [0.25, 0.3) is 0 Å². The molecule has 0 aliphatic rings. The number of carbonyl (C=O) groups excluding carboxylic acids is 2. The zero-order chi connectivity index (χ0) is 23.3. The highest BCUT2D eigenvalue weighted by atomic mass is 32.2. The SMILES string of the molecule is CCCn1c(SC(C)C(=O)NC(=O)NCc2ccccc2)nc2cc(S(N)(=O)=O)ccc21. The Balaban J connectivity index is 1.70. The molecule has 0 fully saturated rings. The first-order valence-electron chi connectivity index (χ1n) is 10.0. The summed E-state index contributed by atoms with van der Waals surface area (Å²) in [5.74, 6) is -0.458. The average Bonchev–Trinajstić information content (AvgIpc) is 3.09. The third-order valence-electron chi connectivity index (χ3n) is 4.64. The van der Waals surface area contributed by atoms with Crippen molar-refractivity contribution in [3.63, 3.8) is 0 Å². The van der Waals surface area contributed by atoms with Gasteiger partial charge in [0.2, 0.25) is 15.9 Å². The average molecular weight is 476 g/mol. The summed E-state index contributed by atoms with van der Waals surface area (Å²) in [5.41, 5.74) is 2.14. The summed E-state index contributed by atoms with van der Waals surface area (Å²) in [7, 11) is -3.85. The van der Waals surface area contributed by atoms with E-state index in [9.17, 15) is 18.0 Å². The molecule has 4 N–H and O–H groups in total. The van der Waals surface area contributed by atoms with Gasteiger partial charge in [0.05, 0.1) is 21.2 Å². The van der Waals surface area contributed by atoms with Crippen LogP contribution in [0.2, 0.25) is 0 Å². The van der Waals surface area contributed by atoms with Crippen molar-refractivity contribution < 1.29 is 18.0 Å². The van der Waals surface area contributed by atoms with Crippen molar-refractivity contribution in [3.8, 4) is 0 Å². The van der Waals surface area contributed by atoms with E-state index in [0.29, 0.717) is 23.8 Å². The van der Waals surface area contributed by atoms with Gasteiger partial charge in [-0.1, -0.05) is 49.0 Å². The Morgan fingerprint density at radius 2 is 1.91 bits per heavy atom. The number of imide groups is 1. The van der Waals surface area contributed by atoms with E-state index in [0.717, 1.165) is 17.5 Å². The number of urea groups is 1. The Morgan fingerprint density at radius 1 is 1.19 bits per heavy atom. The van der Waals surface area contributed by atoms with Crippen molar-refractivity contribution >= 4 is 44.8 Å². The van der Waals surface area contributed by atoms with Crippen molar-refractivity contribution in [2.75, 3.05) is 0 Å². The van der Waals surface area contributed by atoms with Crippen molar-refractivity contribution in [3.05, 3.63) is 54.1 Å². The van der Waals surface area contributed by atoms with Gasteiger partial charge in [0.15, 0.2) is 5.16 Å². The third kappa shape index (κ3) is 5.87. The second-order valence-electron chi connectivity index (χ2n) is 7.16. The minimum absolute atomic E-state index is 0.0245. The highest BCUT2D eigenvalue weighted by Crippen LogP contribution is 2.29. The molecule has 32 heavy (non-hydrogen) atoms. The minimum atomic E-state index is -3.85. The molecule has 0 saturated heterocycles. The summed E-state index contributed by atoms with van der Waals surface area (Å²) in [5, 5.41) is 10.2. The van der Waals surface area contributed by atoms with Crippen LogP contribution in [-0.2, 0) is 27.9 Å². The minimum Gasteiger partial charge on any atom is -0.334 e. The number of hydrogen-bond acceptors (Lipinski definition) is 6. The third-order valence-corrected chi connectivity index (χ3v) is 6.65. The zero-order valence-electron chi connectivity index (χ0n) is 17.7. The Hall–Kier alpha value is -2.89. The summed E-state index contributed by atoms with van der Waals surface area (Å²) in [6.45, 7) is 4.63. The monoisotopic (exact) mass is 475 g/mol. The largest absolute Gasteiger partial charge is 0.334 e. The number of benzene rings is 2. The van der Waals surface area contributed by atoms with Crippen molar-refractivity contribution in [1.29, 1.82) is 0 Å². The van der Waals surface area contributed by atoms with E-state index in [1.165, 1.54) is 23.9 Å². The maximum atomic E-state index is 12.5. The number of fused-ring (bicyclic) bond motifs is 1. The lowest BCUT2D eigenvalue weighted by Crippen LogP contribution is -2.42. The molecular formula is C21H25N5O4S2. The number of imidazole rings is 1. The number of aromatic nitrogens is 2. The molecule has 0 spiro atoms. The zero-order valence-corrected chi connectivity index (χ0v) is 19.4. The van der Waals surface area contributed by atoms with E-state index in [1.54, 1.807) is 13.0 Å². The molecule has 0 radical (unpaired) electrons. The Bertz CT molecular complexity index is 1230. The van der Waals surface area contributed by atoms with E-state index in [4.69, 9.17) is 5.14 Å². The number of aryl methyl sites for hydroxylation is 1. The molecule has 1 heterocycles. The van der Waals surface area contributed by atoms with Gasteiger partial charge < -0.3 is 9.88 Å². The predicted octanol–water partition coefficient (Wildman–Crippen LogP) is 2.60. The first-order chi connectivity index (χ1) is 15.2. The molecule has 3 amide bonds. The molecule has 2 aromatic carbocycles. The van der Waals surface area contributed by atoms with Gasteiger partial charge >= 0.3 is 6.03 Å². The van der Waals surface area contributed by atoms with Gasteiger partial charge in [-0.2, -0.15) is 0 Å². The van der Waals surface area contributed by atoms with Crippen LogP contribution in [0.3, 0.4) is 0 Å². The van der Waals surface area contributed by atoms with Crippen molar-refractivity contribution in [2.24, 2.45) is 5.14 Å². The molecule has 1 unspecified atom stereocenters. The molecule has 0 aliphatic carbocycles. The highest BCUT2D eigenvalue weighted by molar-refractivity contribution is 8.00. The van der Waals surface area contributed by atoms with Crippen LogP contribution in [0, 0.1) is 0 Å². The van der Waals surface area contributed by atoms with Gasteiger partial charge in [0, 0.05) is 13.1 Å². The number of amides is 3. The quantitative estimate of drug-likeness (QED) is 0.429. The van der Waals surface area contributed by atoms with Crippen LogP contribution >= 0.6 is 11.8 Å². The molecule has 1 atom stereocenters. The first-order valence-corrected chi connectivity index (χ1v) is 12.4. The maximum Gasteiger partial charge on any atom is 0.321 e. The number of hydrogen-bond donors (Lipinski definition) is 3. The van der Waals surface area contributed by atoms with Crippen LogP contribution < -0.4 is 15.8 Å². The summed E-state index contributed by atoms with van der Waals surface area (Å²) >= 11 is 1.19. The highest BCUT2D eigenvalue weighted by Gasteiger charge is 2.21. The fourth-order valence-corrected chi connectivity index (χ4v) is 4.53. The molecule has 0 saturated carbocycles. The fourth-order valence-electron chi connectivity index (χ4n) is 3.04. The first kappa shape index (κ1) is 23.8. The standard InChI is InChI=1S/C21H25N5O4S2/c1-3-11-26-18-10-9-16(32(22,29)30)12-17(18)24-21(26)31-14(2)19(27)25-20(28)23-13-15-7-5-4-6-8-15/h4-10,12,14H,3,11,13H2,1-2H3,(H2,22,29,30)(H2,23,25,27,28). The lowest BCUT2D eigenvalue weighted by Gasteiger charge is -2.13. The lowest BCUT2D eigenvalue weighted by molar-refractivity contribution is -0.119. The van der Waals surface area contributed by atoms with E-state index in [2.05, 4.69) is 15.6 Å². The number of primary sulfonamides is 1. The number of carbonyl (C=O) groups is 2. The van der Waals surface area contributed by atoms with Gasteiger partial charge in [-0.3, -0.25) is 10.1 Å². The van der Waals surface area contributed by atoms with E-state index < -0.39 is 27.2 Å². The molecule has 1 aromatic heterocycles. The van der Waals surface area contributed by atoms with Gasteiger partial charge in [-0.05, 0) is 37.1 Å². The molecule has 3 aromatic rings. The van der Waals surface area contributed by atoms with Gasteiger partial charge in [0.1, 0.15) is 0 Å². The van der Waals surface area contributed by atoms with Crippen molar-refractivity contribution in [1.82, 2.24) is 20.2 Å². The number of rotatable bonds is 8. The van der Waals surface area contributed by atoms with Crippen LogP contribution in [0.15, 0.2) is 58.6 Å². The van der Waals surface area contributed by atoms with E-state index >= 15 is 0 Å². The molecule has 170 valence electrons. The second-order valence-corrected chi connectivity index (χ2v) is 10.0. The van der Waals surface area contributed by atoms with Crippen LogP contribution in [0.25, 0.3) is 11.0 Å². The van der Waals surface area contributed by atoms with E-state index in [-0.39, 0.29) is 4.90 Å². The van der Waals surface area contributed by atoms with Crippen LogP contribution in [0.1, 0.15) is 25.8 Å². The molecule has 0 aliphatic heterocycles. The summed E-state index contributed by atoms with van der Waals surface area (Å²) in [4.78, 5) is 29.1. The Labute approximate surface area is 190 Å². The normalized spacial score (nSPS) is 12.5. The predicted molar refractivity (Wildman–Crippen MR) is 124 cm³/mol. The number of sulfonamides is 1. The van der Waals surface area contributed by atoms with E-state index in [1.807, 2.05) is 41.8 Å². The van der Waals surface area contributed by atoms with Gasteiger partial charge in [-0.25, -0.2) is 23.3 Å². The number of nitrogens with zero attached hydrogens (tertiary/aromatic N) is 2. The summed E-state index contributed by atoms with van der Waals surface area (Å²) in [6, 6.07) is 13.3. The molecule has 9 nitrogen and oxygen atoms in total. The summed E-state index contributed by atoms with van der Waals surface area (Å²) < 4.78 is 25.2. The van der Waals surface area contributed by atoms with Crippen molar-refractivity contribution in [2.45, 2.75) is 48.7 Å². The molecular weight excluding hydrogens is 450 g/mol. The van der Waals surface area contributed by atoms with Crippen LogP contribution in [0.5, 0.6) is 0 Å². The summed E-state index contributed by atoms with van der Waals surface area (Å²) in [6.07, 6.45) is 0.818. The number of nitrogens with one attached hydrogen (secondary N) is 2. The molecule has 11 heteroatoms.